The first-order valence-corrected chi connectivity index (χ1v) is 9.40. The minimum Gasteiger partial charge on any atom is -0.341 e. The topological polar surface area (TPSA) is 54.5 Å². The van der Waals surface area contributed by atoms with Crippen LogP contribution in [0.4, 0.5) is 4.39 Å². The Labute approximate surface area is 130 Å². The number of carbonyl (C=O) groups excluding carboxylic acids is 1. The highest BCUT2D eigenvalue weighted by Gasteiger charge is 2.48. The van der Waals surface area contributed by atoms with Crippen LogP contribution in [-0.2, 0) is 20.0 Å². The van der Waals surface area contributed by atoms with E-state index in [0.717, 1.165) is 24.8 Å². The van der Waals surface area contributed by atoms with Crippen LogP contribution in [0, 0.1) is 5.82 Å². The van der Waals surface area contributed by atoms with Gasteiger partial charge in [0.15, 0.2) is 9.84 Å². The van der Waals surface area contributed by atoms with Crippen LogP contribution in [-0.4, -0.2) is 43.8 Å². The predicted octanol–water partition coefficient (Wildman–Crippen LogP) is 1.89. The van der Waals surface area contributed by atoms with E-state index < -0.39 is 15.3 Å². The van der Waals surface area contributed by atoms with Gasteiger partial charge in [-0.2, -0.15) is 0 Å². The highest BCUT2D eigenvalue weighted by atomic mass is 32.2. The molecule has 2 aliphatic rings. The summed E-state index contributed by atoms with van der Waals surface area (Å²) >= 11 is 0. The van der Waals surface area contributed by atoms with Crippen molar-refractivity contribution in [2.24, 2.45) is 0 Å². The highest BCUT2D eigenvalue weighted by molar-refractivity contribution is 7.91. The zero-order valence-corrected chi connectivity index (χ0v) is 13.4. The first-order valence-electron chi connectivity index (χ1n) is 7.58. The Morgan fingerprint density at radius 1 is 1.27 bits per heavy atom. The molecule has 1 heterocycles. The molecule has 22 heavy (non-hydrogen) atoms. The largest absolute Gasteiger partial charge is 0.341 e. The molecule has 1 aromatic rings. The molecule has 1 aromatic carbocycles. The number of benzene rings is 1. The lowest BCUT2D eigenvalue weighted by molar-refractivity contribution is -0.141. The van der Waals surface area contributed by atoms with Crippen LogP contribution < -0.4 is 0 Å². The summed E-state index contributed by atoms with van der Waals surface area (Å²) in [5, 5.41) is 0. The summed E-state index contributed by atoms with van der Waals surface area (Å²) in [7, 11) is -1.33. The first-order chi connectivity index (χ1) is 10.3. The van der Waals surface area contributed by atoms with Crippen molar-refractivity contribution in [1.82, 2.24) is 4.90 Å². The van der Waals surface area contributed by atoms with Gasteiger partial charge in [0.05, 0.1) is 16.9 Å². The molecule has 3 rings (SSSR count). The summed E-state index contributed by atoms with van der Waals surface area (Å²) in [6, 6.07) is 5.86. The Kier molecular flexibility index (Phi) is 3.75. The van der Waals surface area contributed by atoms with Gasteiger partial charge < -0.3 is 4.90 Å². The molecule has 0 N–H and O–H groups in total. The third kappa shape index (κ3) is 2.53. The maximum Gasteiger partial charge on any atom is 0.233 e. The van der Waals surface area contributed by atoms with Crippen molar-refractivity contribution >= 4 is 15.7 Å². The summed E-state index contributed by atoms with van der Waals surface area (Å²) in [5.41, 5.74) is 0.229. The van der Waals surface area contributed by atoms with Crippen molar-refractivity contribution in [3.05, 3.63) is 35.6 Å². The maximum absolute atomic E-state index is 13.1. The maximum atomic E-state index is 13.1. The van der Waals surface area contributed by atoms with Gasteiger partial charge in [-0.25, -0.2) is 12.8 Å². The van der Waals surface area contributed by atoms with Crippen LogP contribution in [0.1, 0.15) is 31.2 Å². The van der Waals surface area contributed by atoms with Gasteiger partial charge in [0.25, 0.3) is 0 Å². The van der Waals surface area contributed by atoms with Crippen LogP contribution in [0.2, 0.25) is 0 Å². The fourth-order valence-corrected chi connectivity index (χ4v) is 5.28. The Morgan fingerprint density at radius 3 is 2.36 bits per heavy atom. The number of likely N-dealkylation sites (N-methyl/N-ethyl adjacent to an activating group) is 1. The Balaban J connectivity index is 1.84. The average molecular weight is 325 g/mol. The predicted molar refractivity (Wildman–Crippen MR) is 81.8 cm³/mol. The minimum absolute atomic E-state index is 0.0348. The third-order valence-corrected chi connectivity index (χ3v) is 6.84. The Bertz CT molecular complexity index is 680. The van der Waals surface area contributed by atoms with E-state index in [-0.39, 0.29) is 29.3 Å². The zero-order chi connectivity index (χ0) is 16.0. The van der Waals surface area contributed by atoms with E-state index in [2.05, 4.69) is 0 Å². The lowest BCUT2D eigenvalue weighted by atomic mass is 9.63. The van der Waals surface area contributed by atoms with Gasteiger partial charge in [0.1, 0.15) is 5.82 Å². The third-order valence-electron chi connectivity index (χ3n) is 5.09. The monoisotopic (exact) mass is 325 g/mol. The number of nitrogens with zero attached hydrogens (tertiary/aromatic N) is 1. The van der Waals surface area contributed by atoms with E-state index in [4.69, 9.17) is 0 Å². The van der Waals surface area contributed by atoms with Gasteiger partial charge in [0, 0.05) is 13.1 Å². The average Bonchev–Trinajstić information content (AvgIpc) is 2.79. The van der Waals surface area contributed by atoms with Crippen molar-refractivity contribution in [3.8, 4) is 0 Å². The molecule has 1 saturated carbocycles. The van der Waals surface area contributed by atoms with Gasteiger partial charge in [-0.05, 0) is 37.0 Å². The summed E-state index contributed by atoms with van der Waals surface area (Å²) in [4.78, 5) is 14.6. The van der Waals surface area contributed by atoms with Crippen LogP contribution in [0.5, 0.6) is 0 Å². The second-order valence-corrected chi connectivity index (χ2v) is 8.64. The second kappa shape index (κ2) is 5.33. The molecule has 2 fully saturated rings. The molecule has 0 aromatic heterocycles. The molecule has 1 amide bonds. The van der Waals surface area contributed by atoms with Crippen molar-refractivity contribution < 1.29 is 17.6 Å². The van der Waals surface area contributed by atoms with Crippen molar-refractivity contribution in [3.63, 3.8) is 0 Å². The number of sulfone groups is 1. The van der Waals surface area contributed by atoms with E-state index in [0.29, 0.717) is 6.42 Å². The quantitative estimate of drug-likeness (QED) is 0.853. The van der Waals surface area contributed by atoms with Gasteiger partial charge in [-0.15, -0.1) is 0 Å². The van der Waals surface area contributed by atoms with Gasteiger partial charge >= 0.3 is 0 Å². The van der Waals surface area contributed by atoms with Crippen molar-refractivity contribution in [1.29, 1.82) is 0 Å². The molecule has 1 saturated heterocycles. The van der Waals surface area contributed by atoms with Crippen LogP contribution in [0.3, 0.4) is 0 Å². The van der Waals surface area contributed by atoms with Crippen LogP contribution in [0.15, 0.2) is 24.3 Å². The Morgan fingerprint density at radius 2 is 1.91 bits per heavy atom. The number of amides is 1. The standard InChI is InChI=1S/C16H20FNO3S/c1-18(14-7-10-22(20,21)11-14)15(19)16(8-2-9-16)12-3-5-13(17)6-4-12/h3-6,14H,2,7-11H2,1H3. The molecule has 120 valence electrons. The van der Waals surface area contributed by atoms with Crippen molar-refractivity contribution in [2.45, 2.75) is 37.1 Å². The molecule has 1 unspecified atom stereocenters. The number of hydrogen-bond donors (Lipinski definition) is 0. The fraction of sp³-hybridized carbons (Fsp3) is 0.562. The Hall–Kier alpha value is -1.43. The lowest BCUT2D eigenvalue weighted by Gasteiger charge is -2.44. The van der Waals surface area contributed by atoms with Crippen LogP contribution >= 0.6 is 0 Å². The fourth-order valence-electron chi connectivity index (χ4n) is 3.51. The number of carbonyl (C=O) groups is 1. The summed E-state index contributed by atoms with van der Waals surface area (Å²) in [6.07, 6.45) is 2.94. The second-order valence-electron chi connectivity index (χ2n) is 6.42. The molecular weight excluding hydrogens is 305 g/mol. The van der Waals surface area contributed by atoms with Crippen LogP contribution in [0.25, 0.3) is 0 Å². The van der Waals surface area contributed by atoms with E-state index >= 15 is 0 Å². The molecule has 1 atom stereocenters. The molecule has 0 radical (unpaired) electrons. The van der Waals surface area contributed by atoms with Gasteiger partial charge in [-0.1, -0.05) is 18.6 Å². The molecule has 1 aliphatic carbocycles. The SMILES string of the molecule is CN(C(=O)C1(c2ccc(F)cc2)CCC1)C1CCS(=O)(=O)C1. The number of rotatable bonds is 3. The van der Waals surface area contributed by atoms with Gasteiger partial charge in [-0.3, -0.25) is 4.79 Å². The zero-order valence-electron chi connectivity index (χ0n) is 12.6. The smallest absolute Gasteiger partial charge is 0.233 e. The van der Waals surface area contributed by atoms with E-state index in [1.165, 1.54) is 12.1 Å². The summed E-state index contributed by atoms with van der Waals surface area (Å²) in [5.74, 6) is -0.151. The molecule has 1 aliphatic heterocycles. The van der Waals surface area contributed by atoms with E-state index in [1.807, 2.05) is 0 Å². The first kappa shape index (κ1) is 15.5. The van der Waals surface area contributed by atoms with E-state index in [1.54, 1.807) is 24.1 Å². The normalized spacial score (nSPS) is 25.5. The number of halogens is 1. The lowest BCUT2D eigenvalue weighted by Crippen LogP contribution is -2.53. The molecule has 0 spiro atoms. The molecular formula is C16H20FNO3S. The van der Waals surface area contributed by atoms with Gasteiger partial charge in [0.2, 0.25) is 5.91 Å². The highest BCUT2D eigenvalue weighted by Crippen LogP contribution is 2.45. The molecule has 4 nitrogen and oxygen atoms in total. The summed E-state index contributed by atoms with van der Waals surface area (Å²) < 4.78 is 36.4. The molecule has 6 heteroatoms. The molecule has 0 bridgehead atoms. The van der Waals surface area contributed by atoms with E-state index in [9.17, 15) is 17.6 Å². The summed E-state index contributed by atoms with van der Waals surface area (Å²) in [6.45, 7) is 0. The number of hydrogen-bond acceptors (Lipinski definition) is 3. The van der Waals surface area contributed by atoms with Crippen molar-refractivity contribution in [2.75, 3.05) is 18.6 Å². The minimum atomic E-state index is -3.02.